The average Bonchev–Trinajstić information content (AvgIpc) is 3.26. The molecular formula is C28H31FN4O2. The predicted octanol–water partition coefficient (Wildman–Crippen LogP) is 6.37. The summed E-state index contributed by atoms with van der Waals surface area (Å²) < 4.78 is 26.6. The van der Waals surface area contributed by atoms with Crippen LogP contribution in [0.25, 0.3) is 6.08 Å². The lowest BCUT2D eigenvalue weighted by molar-refractivity contribution is 0.205. The van der Waals surface area contributed by atoms with Gasteiger partial charge in [-0.05, 0) is 69.5 Å². The first-order valence-electron chi connectivity index (χ1n) is 12.4. The highest BCUT2D eigenvalue weighted by atomic mass is 19.1. The maximum Gasteiger partial charge on any atom is 0.230 e. The number of anilines is 2. The molecule has 0 unspecified atom stereocenters. The zero-order chi connectivity index (χ0) is 24.0. The Balaban J connectivity index is 1.18. The monoisotopic (exact) mass is 474 g/mol. The fourth-order valence-corrected chi connectivity index (χ4v) is 4.63. The molecule has 5 rings (SSSR count). The number of nitrogens with zero attached hydrogens (tertiary/aromatic N) is 3. The lowest BCUT2D eigenvalue weighted by Gasteiger charge is -2.26. The predicted molar refractivity (Wildman–Crippen MR) is 136 cm³/mol. The van der Waals surface area contributed by atoms with Crippen molar-refractivity contribution in [2.75, 3.05) is 31.6 Å². The Morgan fingerprint density at radius 3 is 2.86 bits per heavy atom. The minimum Gasteiger partial charge on any atom is -0.493 e. The van der Waals surface area contributed by atoms with Crippen molar-refractivity contribution in [2.24, 2.45) is 0 Å². The van der Waals surface area contributed by atoms with Crippen molar-refractivity contribution >= 4 is 17.7 Å². The normalized spacial score (nSPS) is 15.4. The summed E-state index contributed by atoms with van der Waals surface area (Å²) in [5, 5.41) is 3.18. The Labute approximate surface area is 205 Å². The van der Waals surface area contributed by atoms with Crippen LogP contribution in [0.5, 0.6) is 17.4 Å². The van der Waals surface area contributed by atoms with Gasteiger partial charge in [0.2, 0.25) is 11.8 Å². The first-order valence-corrected chi connectivity index (χ1v) is 12.4. The molecule has 35 heavy (non-hydrogen) atoms. The van der Waals surface area contributed by atoms with Crippen LogP contribution in [-0.2, 0) is 6.42 Å². The maximum absolute atomic E-state index is 14.9. The molecule has 0 saturated carbocycles. The van der Waals surface area contributed by atoms with E-state index in [4.69, 9.17) is 9.47 Å². The molecule has 3 aromatic rings. The number of piperidine rings is 1. The summed E-state index contributed by atoms with van der Waals surface area (Å²) in [6.07, 6.45) is 9.20. The average molecular weight is 475 g/mol. The second-order valence-corrected chi connectivity index (χ2v) is 9.20. The van der Waals surface area contributed by atoms with Gasteiger partial charge in [0.25, 0.3) is 0 Å². The third kappa shape index (κ3) is 5.98. The van der Waals surface area contributed by atoms with Gasteiger partial charge in [-0.3, -0.25) is 0 Å². The van der Waals surface area contributed by atoms with Gasteiger partial charge in [-0.1, -0.05) is 30.2 Å². The summed E-state index contributed by atoms with van der Waals surface area (Å²) in [4.78, 5) is 11.2. The van der Waals surface area contributed by atoms with Crippen LogP contribution < -0.4 is 14.8 Å². The van der Waals surface area contributed by atoms with Gasteiger partial charge in [0, 0.05) is 36.1 Å². The van der Waals surface area contributed by atoms with Crippen molar-refractivity contribution in [1.29, 1.82) is 0 Å². The van der Waals surface area contributed by atoms with Crippen molar-refractivity contribution in [3.8, 4) is 17.4 Å². The molecule has 1 aliphatic heterocycles. The zero-order valence-corrected chi connectivity index (χ0v) is 20.1. The van der Waals surface area contributed by atoms with E-state index in [1.165, 1.54) is 32.4 Å². The SMILES string of the molecule is CC1=Cc2c(ccc(Oc3ccnc(Nc4cccc(OCCCN5CCCCC5)c4)n3)c2F)C1. The topological polar surface area (TPSA) is 59.5 Å². The Hall–Kier alpha value is -3.45. The summed E-state index contributed by atoms with van der Waals surface area (Å²) in [5.41, 5.74) is 3.52. The van der Waals surface area contributed by atoms with E-state index in [2.05, 4.69) is 20.2 Å². The molecule has 182 valence electrons. The van der Waals surface area contributed by atoms with Gasteiger partial charge in [-0.2, -0.15) is 4.98 Å². The lowest BCUT2D eigenvalue weighted by atomic mass is 10.1. The van der Waals surface area contributed by atoms with Gasteiger partial charge in [0.1, 0.15) is 5.75 Å². The highest BCUT2D eigenvalue weighted by Gasteiger charge is 2.18. The molecule has 1 fully saturated rings. The van der Waals surface area contributed by atoms with Gasteiger partial charge in [-0.15, -0.1) is 0 Å². The quantitative estimate of drug-likeness (QED) is 0.364. The zero-order valence-electron chi connectivity index (χ0n) is 20.1. The molecule has 1 aromatic heterocycles. The number of hydrogen-bond acceptors (Lipinski definition) is 6. The first-order chi connectivity index (χ1) is 17.1. The summed E-state index contributed by atoms with van der Waals surface area (Å²) in [6.45, 7) is 6.17. The van der Waals surface area contributed by atoms with Gasteiger partial charge in [0.15, 0.2) is 11.6 Å². The molecule has 6 nitrogen and oxygen atoms in total. The number of fused-ring (bicyclic) bond motifs is 1. The molecular weight excluding hydrogens is 443 g/mol. The highest BCUT2D eigenvalue weighted by molar-refractivity contribution is 5.65. The number of nitrogens with one attached hydrogen (secondary N) is 1. The second kappa shape index (κ2) is 10.9. The van der Waals surface area contributed by atoms with E-state index in [1.54, 1.807) is 18.3 Å². The molecule has 0 bridgehead atoms. The van der Waals surface area contributed by atoms with Crippen LogP contribution in [0, 0.1) is 5.82 Å². The molecule has 2 aromatic carbocycles. The summed E-state index contributed by atoms with van der Waals surface area (Å²) in [6, 6.07) is 12.9. The van der Waals surface area contributed by atoms with Crippen LogP contribution in [0.1, 0.15) is 43.7 Å². The molecule has 0 spiro atoms. The van der Waals surface area contributed by atoms with E-state index in [9.17, 15) is 4.39 Å². The summed E-state index contributed by atoms with van der Waals surface area (Å²) in [7, 11) is 0. The van der Waals surface area contributed by atoms with Crippen molar-refractivity contribution in [1.82, 2.24) is 14.9 Å². The molecule has 2 aliphatic rings. The van der Waals surface area contributed by atoms with Gasteiger partial charge < -0.3 is 19.7 Å². The van der Waals surface area contributed by atoms with E-state index >= 15 is 0 Å². The van der Waals surface area contributed by atoms with Crippen LogP contribution in [0.15, 0.2) is 54.2 Å². The van der Waals surface area contributed by atoms with Crippen LogP contribution in [0.2, 0.25) is 0 Å². The van der Waals surface area contributed by atoms with E-state index in [0.717, 1.165) is 42.0 Å². The van der Waals surface area contributed by atoms with E-state index < -0.39 is 0 Å². The Morgan fingerprint density at radius 1 is 1.09 bits per heavy atom. The minimum atomic E-state index is -0.363. The number of allylic oxidation sites excluding steroid dienone is 1. The molecule has 0 atom stereocenters. The number of aromatic nitrogens is 2. The third-order valence-electron chi connectivity index (χ3n) is 6.37. The number of benzene rings is 2. The standard InChI is InChI=1S/C28H31FN4O2/c1-20-17-21-9-10-25(27(29)24(21)18-20)35-26-11-12-30-28(32-26)31-22-7-5-8-23(19-22)34-16-6-15-33-13-3-2-4-14-33/h5,7-12,18-19H,2-4,6,13-17H2,1H3,(H,30,31,32). The van der Waals surface area contributed by atoms with E-state index in [1.807, 2.05) is 43.3 Å². The van der Waals surface area contributed by atoms with Crippen molar-refractivity contribution < 1.29 is 13.9 Å². The fourth-order valence-electron chi connectivity index (χ4n) is 4.63. The van der Waals surface area contributed by atoms with Crippen molar-refractivity contribution in [3.05, 3.63) is 71.2 Å². The van der Waals surface area contributed by atoms with Gasteiger partial charge >= 0.3 is 0 Å². The number of halogens is 1. The molecule has 7 heteroatoms. The van der Waals surface area contributed by atoms with Crippen LogP contribution in [-0.4, -0.2) is 41.1 Å². The van der Waals surface area contributed by atoms with E-state index in [0.29, 0.717) is 18.1 Å². The summed E-state index contributed by atoms with van der Waals surface area (Å²) >= 11 is 0. The molecule has 0 amide bonds. The maximum atomic E-state index is 14.9. The van der Waals surface area contributed by atoms with Crippen LogP contribution in [0.3, 0.4) is 0 Å². The van der Waals surface area contributed by atoms with Crippen LogP contribution in [0.4, 0.5) is 16.0 Å². The molecule has 1 aliphatic carbocycles. The highest BCUT2D eigenvalue weighted by Crippen LogP contribution is 2.34. The first kappa shape index (κ1) is 23.3. The number of likely N-dealkylation sites (tertiary alicyclic amines) is 1. The Kier molecular flexibility index (Phi) is 7.23. The second-order valence-electron chi connectivity index (χ2n) is 9.20. The molecule has 1 saturated heterocycles. The van der Waals surface area contributed by atoms with Crippen molar-refractivity contribution in [3.63, 3.8) is 0 Å². The van der Waals surface area contributed by atoms with Crippen LogP contribution >= 0.6 is 0 Å². The van der Waals surface area contributed by atoms with E-state index in [-0.39, 0.29) is 17.4 Å². The minimum absolute atomic E-state index is 0.152. The lowest BCUT2D eigenvalue weighted by Crippen LogP contribution is -2.31. The molecule has 0 radical (unpaired) electrons. The Morgan fingerprint density at radius 2 is 1.97 bits per heavy atom. The molecule has 2 heterocycles. The number of rotatable bonds is 9. The fraction of sp³-hybridized carbons (Fsp3) is 0.357. The number of ether oxygens (including phenoxy) is 2. The summed E-state index contributed by atoms with van der Waals surface area (Å²) in [5.74, 6) is 1.22. The largest absolute Gasteiger partial charge is 0.493 e. The smallest absolute Gasteiger partial charge is 0.230 e. The van der Waals surface area contributed by atoms with Gasteiger partial charge in [-0.25, -0.2) is 9.37 Å². The van der Waals surface area contributed by atoms with Gasteiger partial charge in [0.05, 0.1) is 6.61 Å². The third-order valence-corrected chi connectivity index (χ3v) is 6.37. The number of hydrogen-bond donors (Lipinski definition) is 1. The Bertz CT molecular complexity index is 1210. The van der Waals surface area contributed by atoms with Crippen molar-refractivity contribution in [2.45, 2.75) is 39.0 Å². The molecule has 1 N–H and O–H groups in total.